The van der Waals surface area contributed by atoms with Gasteiger partial charge in [-0.1, -0.05) is 11.6 Å². The first-order valence-electron chi connectivity index (χ1n) is 7.24. The number of carbonyl (C=O) groups is 1. The van der Waals surface area contributed by atoms with Crippen molar-refractivity contribution >= 4 is 33.2 Å². The molecule has 5 nitrogen and oxygen atoms in total. The summed E-state index contributed by atoms with van der Waals surface area (Å²) in [6, 6.07) is 9.42. The summed E-state index contributed by atoms with van der Waals surface area (Å²) in [5.41, 5.74) is 0.214. The van der Waals surface area contributed by atoms with Crippen molar-refractivity contribution in [1.82, 2.24) is 4.72 Å². The van der Waals surface area contributed by atoms with Crippen molar-refractivity contribution in [3.05, 3.63) is 58.9 Å². The van der Waals surface area contributed by atoms with E-state index in [1.807, 2.05) is 0 Å². The monoisotopic (exact) mass is 368 g/mol. The number of anilines is 1. The quantitative estimate of drug-likeness (QED) is 0.851. The number of hydrogen-bond acceptors (Lipinski definition) is 3. The molecule has 1 saturated carbocycles. The number of hydrogen-bond donors (Lipinski definition) is 2. The first kappa shape index (κ1) is 16.9. The van der Waals surface area contributed by atoms with Crippen molar-refractivity contribution in [2.45, 2.75) is 23.8 Å². The normalized spacial score (nSPS) is 14.4. The Labute approximate surface area is 143 Å². The van der Waals surface area contributed by atoms with Gasteiger partial charge in [0.05, 0.1) is 10.6 Å². The van der Waals surface area contributed by atoms with Crippen LogP contribution in [0.15, 0.2) is 47.4 Å². The van der Waals surface area contributed by atoms with E-state index in [0.29, 0.717) is 10.6 Å². The molecule has 2 N–H and O–H groups in total. The van der Waals surface area contributed by atoms with Crippen LogP contribution in [0.3, 0.4) is 0 Å². The fourth-order valence-electron chi connectivity index (χ4n) is 2.05. The molecular formula is C16H14ClFN2O3S. The second-order valence-corrected chi connectivity index (χ2v) is 7.65. The highest BCUT2D eigenvalue weighted by molar-refractivity contribution is 7.89. The van der Waals surface area contributed by atoms with Crippen molar-refractivity contribution in [2.75, 3.05) is 5.32 Å². The van der Waals surface area contributed by atoms with Gasteiger partial charge in [0.1, 0.15) is 5.82 Å². The lowest BCUT2D eigenvalue weighted by molar-refractivity contribution is 0.102. The van der Waals surface area contributed by atoms with Crippen LogP contribution in [0.5, 0.6) is 0 Å². The van der Waals surface area contributed by atoms with Gasteiger partial charge in [-0.15, -0.1) is 0 Å². The summed E-state index contributed by atoms with van der Waals surface area (Å²) >= 11 is 5.75. The van der Waals surface area contributed by atoms with Crippen molar-refractivity contribution in [2.24, 2.45) is 0 Å². The molecule has 0 saturated heterocycles. The SMILES string of the molecule is O=C(Nc1ccc(S(=O)(=O)NC2CC2)cc1F)c1ccc(Cl)cc1. The second-order valence-electron chi connectivity index (χ2n) is 5.50. The van der Waals surface area contributed by atoms with Gasteiger partial charge in [0.25, 0.3) is 5.91 Å². The Hall–Kier alpha value is -1.96. The lowest BCUT2D eigenvalue weighted by atomic mass is 10.2. The molecule has 1 aliphatic rings. The molecule has 0 aromatic heterocycles. The van der Waals surface area contributed by atoms with Crippen LogP contribution < -0.4 is 10.0 Å². The molecule has 0 spiro atoms. The maximum absolute atomic E-state index is 14.1. The molecule has 8 heteroatoms. The third kappa shape index (κ3) is 3.92. The highest BCUT2D eigenvalue weighted by Crippen LogP contribution is 2.24. The second kappa shape index (κ2) is 6.51. The lowest BCUT2D eigenvalue weighted by Crippen LogP contribution is -2.25. The summed E-state index contributed by atoms with van der Waals surface area (Å²) in [5.74, 6) is -1.34. The smallest absolute Gasteiger partial charge is 0.255 e. The third-order valence-electron chi connectivity index (χ3n) is 3.50. The highest BCUT2D eigenvalue weighted by Gasteiger charge is 2.28. The fraction of sp³-hybridized carbons (Fsp3) is 0.188. The zero-order valence-electron chi connectivity index (χ0n) is 12.4. The Kier molecular flexibility index (Phi) is 4.58. The Morgan fingerprint density at radius 1 is 1.12 bits per heavy atom. The number of amides is 1. The summed E-state index contributed by atoms with van der Waals surface area (Å²) in [5, 5.41) is 2.89. The summed E-state index contributed by atoms with van der Waals surface area (Å²) in [4.78, 5) is 11.9. The Bertz CT molecular complexity index is 881. The van der Waals surface area contributed by atoms with Crippen molar-refractivity contribution in [3.8, 4) is 0 Å². The average Bonchev–Trinajstić information content (AvgIpc) is 3.33. The first-order valence-corrected chi connectivity index (χ1v) is 9.10. The highest BCUT2D eigenvalue weighted by atomic mass is 35.5. The van der Waals surface area contributed by atoms with Gasteiger partial charge in [-0.2, -0.15) is 0 Å². The Morgan fingerprint density at radius 2 is 1.79 bits per heavy atom. The van der Waals surface area contributed by atoms with Gasteiger partial charge in [-0.25, -0.2) is 17.5 Å². The van der Waals surface area contributed by atoms with E-state index in [-0.39, 0.29) is 16.6 Å². The molecule has 3 rings (SSSR count). The molecule has 2 aromatic rings. The first-order chi connectivity index (χ1) is 11.3. The maximum atomic E-state index is 14.1. The van der Waals surface area contributed by atoms with Gasteiger partial charge < -0.3 is 5.32 Å². The minimum atomic E-state index is -3.74. The molecule has 2 aromatic carbocycles. The van der Waals surface area contributed by atoms with Crippen molar-refractivity contribution in [3.63, 3.8) is 0 Å². The molecule has 0 bridgehead atoms. The van der Waals surface area contributed by atoms with Crippen molar-refractivity contribution < 1.29 is 17.6 Å². The van der Waals surface area contributed by atoms with E-state index >= 15 is 0 Å². The van der Waals surface area contributed by atoms with E-state index < -0.39 is 21.7 Å². The van der Waals surface area contributed by atoms with Gasteiger partial charge >= 0.3 is 0 Å². The molecule has 0 unspecified atom stereocenters. The fourth-order valence-corrected chi connectivity index (χ4v) is 3.49. The summed E-state index contributed by atoms with van der Waals surface area (Å²) in [6.45, 7) is 0. The molecule has 1 aliphatic carbocycles. The summed E-state index contributed by atoms with van der Waals surface area (Å²) < 4.78 is 40.7. The molecule has 126 valence electrons. The number of carbonyl (C=O) groups excluding carboxylic acids is 1. The van der Waals surface area contributed by atoms with Crippen LogP contribution in [0.2, 0.25) is 5.02 Å². The van der Waals surface area contributed by atoms with Crippen molar-refractivity contribution in [1.29, 1.82) is 0 Å². The predicted molar refractivity (Wildman–Crippen MR) is 89.1 cm³/mol. The molecule has 0 radical (unpaired) electrons. The van der Waals surface area contributed by atoms with Gasteiger partial charge in [-0.05, 0) is 55.3 Å². The zero-order chi connectivity index (χ0) is 17.3. The van der Waals surface area contributed by atoms with Gasteiger partial charge in [-0.3, -0.25) is 4.79 Å². The molecule has 0 aliphatic heterocycles. The topological polar surface area (TPSA) is 75.3 Å². The van der Waals surface area contributed by atoms with Crippen LogP contribution >= 0.6 is 11.6 Å². The van der Waals surface area contributed by atoms with Crippen LogP contribution in [-0.4, -0.2) is 20.4 Å². The van der Waals surface area contributed by atoms with E-state index in [9.17, 15) is 17.6 Å². The average molecular weight is 369 g/mol. The van der Waals surface area contributed by atoms with E-state index in [4.69, 9.17) is 11.6 Å². The van der Waals surface area contributed by atoms with Gasteiger partial charge in [0.15, 0.2) is 0 Å². The summed E-state index contributed by atoms with van der Waals surface area (Å²) in [7, 11) is -3.74. The third-order valence-corrected chi connectivity index (χ3v) is 5.27. The van der Waals surface area contributed by atoms with Crippen LogP contribution in [0.1, 0.15) is 23.2 Å². The van der Waals surface area contributed by atoms with E-state index in [0.717, 1.165) is 18.9 Å². The Morgan fingerprint density at radius 3 is 2.38 bits per heavy atom. The number of halogens is 2. The van der Waals surface area contributed by atoms with E-state index in [1.165, 1.54) is 24.3 Å². The van der Waals surface area contributed by atoms with Crippen LogP contribution in [0, 0.1) is 5.82 Å². The van der Waals surface area contributed by atoms with E-state index in [1.54, 1.807) is 12.1 Å². The lowest BCUT2D eigenvalue weighted by Gasteiger charge is -2.09. The molecule has 1 amide bonds. The minimum Gasteiger partial charge on any atom is -0.319 e. The molecule has 1 fully saturated rings. The molecule has 0 atom stereocenters. The standard InChI is InChI=1S/C16H14ClFN2O3S/c17-11-3-1-10(2-4-11)16(21)19-15-8-7-13(9-14(15)18)24(22,23)20-12-5-6-12/h1-4,7-9,12,20H,5-6H2,(H,19,21). The molecular weight excluding hydrogens is 355 g/mol. The number of benzene rings is 2. The van der Waals surface area contributed by atoms with Gasteiger partial charge in [0, 0.05) is 16.6 Å². The zero-order valence-corrected chi connectivity index (χ0v) is 14.0. The Balaban J connectivity index is 1.77. The number of sulfonamides is 1. The van der Waals surface area contributed by atoms with Crippen LogP contribution in [0.4, 0.5) is 10.1 Å². The molecule has 24 heavy (non-hydrogen) atoms. The number of rotatable bonds is 5. The maximum Gasteiger partial charge on any atom is 0.255 e. The summed E-state index contributed by atoms with van der Waals surface area (Å²) in [6.07, 6.45) is 1.58. The molecule has 0 heterocycles. The largest absolute Gasteiger partial charge is 0.319 e. The minimum absolute atomic E-state index is 0.0673. The van der Waals surface area contributed by atoms with Crippen LogP contribution in [-0.2, 0) is 10.0 Å². The predicted octanol–water partition coefficient (Wildman–Crippen LogP) is 3.17. The van der Waals surface area contributed by atoms with E-state index in [2.05, 4.69) is 10.0 Å². The van der Waals surface area contributed by atoms with Crippen LogP contribution in [0.25, 0.3) is 0 Å². The van der Waals surface area contributed by atoms with Gasteiger partial charge in [0.2, 0.25) is 10.0 Å². The number of nitrogens with one attached hydrogen (secondary N) is 2.